The quantitative estimate of drug-likeness (QED) is 0.743. The van der Waals surface area contributed by atoms with Crippen LogP contribution >= 0.6 is 22.9 Å². The van der Waals surface area contributed by atoms with Gasteiger partial charge in [-0.1, -0.05) is 11.6 Å². The maximum Gasteiger partial charge on any atom is 0.159 e. The predicted molar refractivity (Wildman–Crippen MR) is 80.0 cm³/mol. The second-order valence-electron chi connectivity index (χ2n) is 4.68. The van der Waals surface area contributed by atoms with E-state index < -0.39 is 0 Å². The Bertz CT molecular complexity index is 714. The molecule has 3 heterocycles. The van der Waals surface area contributed by atoms with Gasteiger partial charge in [0.1, 0.15) is 5.69 Å². The fraction of sp³-hybridized carbons (Fsp3) is 0.308. The Morgan fingerprint density at radius 1 is 1.45 bits per heavy atom. The van der Waals surface area contributed by atoms with Crippen molar-refractivity contribution in [3.8, 4) is 11.5 Å². The van der Waals surface area contributed by atoms with Crippen LogP contribution in [0.4, 0.5) is 0 Å². The second kappa shape index (κ2) is 5.38. The Morgan fingerprint density at radius 2 is 2.30 bits per heavy atom. The number of aryl methyl sites for hydroxylation is 1. The van der Waals surface area contributed by atoms with E-state index in [2.05, 4.69) is 22.0 Å². The van der Waals surface area contributed by atoms with Gasteiger partial charge in [0.25, 0.3) is 0 Å². The summed E-state index contributed by atoms with van der Waals surface area (Å²) in [5, 5.41) is 8.00. The van der Waals surface area contributed by atoms with Crippen LogP contribution in [0.2, 0.25) is 5.02 Å². The van der Waals surface area contributed by atoms with Gasteiger partial charge in [-0.3, -0.25) is 4.68 Å². The highest BCUT2D eigenvalue weighted by Gasteiger charge is 2.13. The van der Waals surface area contributed by atoms with Crippen molar-refractivity contribution in [1.82, 2.24) is 24.3 Å². The van der Waals surface area contributed by atoms with Crippen LogP contribution < -0.4 is 0 Å². The standard InChI is InChI=1S/C13H14ClN5S/c1-9(19-7-10(14)6-16-19)5-12-17-11(8-20-12)13-15-3-4-18(13)2/h3-4,6-9H,5H2,1-2H3/t9-/m1/s1. The monoisotopic (exact) mass is 307 g/mol. The minimum Gasteiger partial charge on any atom is -0.333 e. The number of hydrogen-bond acceptors (Lipinski definition) is 4. The highest BCUT2D eigenvalue weighted by molar-refractivity contribution is 7.09. The van der Waals surface area contributed by atoms with Crippen molar-refractivity contribution >= 4 is 22.9 Å². The van der Waals surface area contributed by atoms with Gasteiger partial charge in [-0.2, -0.15) is 5.10 Å². The van der Waals surface area contributed by atoms with Crippen molar-refractivity contribution < 1.29 is 0 Å². The summed E-state index contributed by atoms with van der Waals surface area (Å²) in [6.45, 7) is 2.10. The molecule has 0 N–H and O–H groups in total. The van der Waals surface area contributed by atoms with E-state index in [-0.39, 0.29) is 6.04 Å². The zero-order valence-electron chi connectivity index (χ0n) is 11.2. The third-order valence-corrected chi connectivity index (χ3v) is 4.16. The van der Waals surface area contributed by atoms with Gasteiger partial charge in [-0.15, -0.1) is 11.3 Å². The molecule has 3 aromatic rings. The lowest BCUT2D eigenvalue weighted by Crippen LogP contribution is -2.08. The molecule has 0 radical (unpaired) electrons. The van der Waals surface area contributed by atoms with E-state index in [0.717, 1.165) is 22.9 Å². The topological polar surface area (TPSA) is 48.5 Å². The summed E-state index contributed by atoms with van der Waals surface area (Å²) >= 11 is 7.54. The Kier molecular flexibility index (Phi) is 3.58. The Balaban J connectivity index is 1.76. The minimum absolute atomic E-state index is 0.225. The number of hydrogen-bond donors (Lipinski definition) is 0. The molecular formula is C13H14ClN5S. The normalized spacial score (nSPS) is 12.8. The van der Waals surface area contributed by atoms with Crippen LogP contribution in [-0.2, 0) is 13.5 Å². The number of thiazole rings is 1. The van der Waals surface area contributed by atoms with Gasteiger partial charge in [0.15, 0.2) is 5.82 Å². The molecular weight excluding hydrogens is 294 g/mol. The molecule has 0 unspecified atom stereocenters. The van der Waals surface area contributed by atoms with Gasteiger partial charge in [0.05, 0.1) is 22.3 Å². The van der Waals surface area contributed by atoms with Crippen LogP contribution in [0.5, 0.6) is 0 Å². The molecule has 7 heteroatoms. The lowest BCUT2D eigenvalue weighted by Gasteiger charge is -2.09. The molecule has 0 bridgehead atoms. The molecule has 104 valence electrons. The van der Waals surface area contributed by atoms with Gasteiger partial charge in [0, 0.05) is 37.4 Å². The summed E-state index contributed by atoms with van der Waals surface area (Å²) < 4.78 is 3.83. The molecule has 0 fully saturated rings. The van der Waals surface area contributed by atoms with Crippen molar-refractivity contribution in [1.29, 1.82) is 0 Å². The molecule has 0 aliphatic carbocycles. The molecule has 0 amide bonds. The first-order valence-electron chi connectivity index (χ1n) is 6.25. The van der Waals surface area contributed by atoms with Crippen LogP contribution in [0.1, 0.15) is 18.0 Å². The summed E-state index contributed by atoms with van der Waals surface area (Å²) in [5.74, 6) is 0.891. The molecule has 0 aliphatic rings. The lowest BCUT2D eigenvalue weighted by atomic mass is 10.2. The van der Waals surface area contributed by atoms with E-state index in [9.17, 15) is 0 Å². The Labute approximate surface area is 125 Å². The third-order valence-electron chi connectivity index (χ3n) is 3.09. The minimum atomic E-state index is 0.225. The van der Waals surface area contributed by atoms with Crippen molar-refractivity contribution in [2.75, 3.05) is 0 Å². The third kappa shape index (κ3) is 2.62. The number of nitrogens with zero attached hydrogens (tertiary/aromatic N) is 5. The molecule has 0 saturated heterocycles. The summed E-state index contributed by atoms with van der Waals surface area (Å²) in [6, 6.07) is 0.225. The van der Waals surface area contributed by atoms with E-state index in [0.29, 0.717) is 5.02 Å². The van der Waals surface area contributed by atoms with Crippen molar-refractivity contribution in [3.63, 3.8) is 0 Å². The molecule has 0 spiro atoms. The first-order valence-corrected chi connectivity index (χ1v) is 7.51. The molecule has 20 heavy (non-hydrogen) atoms. The smallest absolute Gasteiger partial charge is 0.159 e. The zero-order valence-corrected chi connectivity index (χ0v) is 12.8. The second-order valence-corrected chi connectivity index (χ2v) is 6.06. The highest BCUT2D eigenvalue weighted by atomic mass is 35.5. The predicted octanol–water partition coefficient (Wildman–Crippen LogP) is 3.20. The highest BCUT2D eigenvalue weighted by Crippen LogP contribution is 2.23. The summed E-state index contributed by atoms with van der Waals surface area (Å²) in [7, 11) is 1.97. The van der Waals surface area contributed by atoms with Crippen LogP contribution in [0.15, 0.2) is 30.2 Å². The number of rotatable bonds is 4. The molecule has 0 aromatic carbocycles. The average molecular weight is 308 g/mol. The maximum atomic E-state index is 5.89. The molecule has 3 rings (SSSR count). The van der Waals surface area contributed by atoms with Crippen molar-refractivity contribution in [2.24, 2.45) is 7.05 Å². The largest absolute Gasteiger partial charge is 0.333 e. The Morgan fingerprint density at radius 3 is 2.95 bits per heavy atom. The lowest BCUT2D eigenvalue weighted by molar-refractivity contribution is 0.488. The van der Waals surface area contributed by atoms with Crippen LogP contribution in [0.3, 0.4) is 0 Å². The summed E-state index contributed by atoms with van der Waals surface area (Å²) in [4.78, 5) is 8.96. The van der Waals surface area contributed by atoms with E-state index in [1.807, 2.05) is 34.1 Å². The van der Waals surface area contributed by atoms with Gasteiger partial charge < -0.3 is 4.57 Å². The first kappa shape index (κ1) is 13.3. The Hall–Kier alpha value is -1.66. The van der Waals surface area contributed by atoms with Gasteiger partial charge in [0.2, 0.25) is 0 Å². The molecule has 1 atom stereocenters. The number of aromatic nitrogens is 5. The number of imidazole rings is 1. The van der Waals surface area contributed by atoms with Gasteiger partial charge in [-0.05, 0) is 6.92 Å². The SMILES string of the molecule is C[C@H](Cc1nc(-c2nccn2C)cs1)n1cc(Cl)cn1. The maximum absolute atomic E-state index is 5.89. The average Bonchev–Trinajstić information content (AvgIpc) is 3.10. The van der Waals surface area contributed by atoms with Crippen molar-refractivity contribution in [2.45, 2.75) is 19.4 Å². The molecule has 0 aliphatic heterocycles. The van der Waals surface area contributed by atoms with Crippen LogP contribution in [-0.4, -0.2) is 24.3 Å². The van der Waals surface area contributed by atoms with E-state index in [1.165, 1.54) is 0 Å². The molecule has 5 nitrogen and oxygen atoms in total. The van der Waals surface area contributed by atoms with Crippen LogP contribution in [0, 0.1) is 0 Å². The summed E-state index contributed by atoms with van der Waals surface area (Å²) in [5.41, 5.74) is 0.920. The number of halogens is 1. The van der Waals surface area contributed by atoms with Crippen molar-refractivity contribution in [3.05, 3.63) is 40.2 Å². The van der Waals surface area contributed by atoms with Gasteiger partial charge >= 0.3 is 0 Å². The van der Waals surface area contributed by atoms with Crippen LogP contribution in [0.25, 0.3) is 11.5 Å². The van der Waals surface area contributed by atoms with E-state index >= 15 is 0 Å². The zero-order chi connectivity index (χ0) is 14.1. The first-order chi connectivity index (χ1) is 9.63. The van der Waals surface area contributed by atoms with E-state index in [1.54, 1.807) is 23.7 Å². The fourth-order valence-corrected chi connectivity index (χ4v) is 3.06. The van der Waals surface area contributed by atoms with E-state index in [4.69, 9.17) is 11.6 Å². The molecule has 3 aromatic heterocycles. The fourth-order valence-electron chi connectivity index (χ4n) is 2.02. The summed E-state index contributed by atoms with van der Waals surface area (Å²) in [6.07, 6.45) is 8.01. The van der Waals surface area contributed by atoms with Gasteiger partial charge in [-0.25, -0.2) is 9.97 Å². The molecule has 0 saturated carbocycles.